The first kappa shape index (κ1) is 11.7. The van der Waals surface area contributed by atoms with Crippen molar-refractivity contribution in [3.63, 3.8) is 0 Å². The maximum atomic E-state index is 12.2. The van der Waals surface area contributed by atoms with Crippen molar-refractivity contribution in [2.24, 2.45) is 0 Å². The quantitative estimate of drug-likeness (QED) is 0.589. The van der Waals surface area contributed by atoms with Gasteiger partial charge < -0.3 is 9.55 Å². The molecule has 6 heteroatoms. The van der Waals surface area contributed by atoms with Crippen LogP contribution in [-0.2, 0) is 0 Å². The topological polar surface area (TPSA) is 79.4 Å². The first-order valence-electron chi connectivity index (χ1n) is 6.48. The minimum Gasteiger partial charge on any atom is -0.312 e. The lowest BCUT2D eigenvalue weighted by Gasteiger charge is -2.02. The van der Waals surface area contributed by atoms with E-state index < -0.39 is 0 Å². The van der Waals surface area contributed by atoms with Gasteiger partial charge >= 0.3 is 0 Å². The summed E-state index contributed by atoms with van der Waals surface area (Å²) in [5.41, 5.74) is 2.97. The molecule has 6 nitrogen and oxygen atoms in total. The van der Waals surface area contributed by atoms with Gasteiger partial charge in [0.1, 0.15) is 0 Å². The Hall–Kier alpha value is -3.15. The molecule has 0 radical (unpaired) electrons. The predicted molar refractivity (Wildman–Crippen MR) is 79.3 cm³/mol. The van der Waals surface area contributed by atoms with Gasteiger partial charge in [0.25, 0.3) is 5.56 Å². The average Bonchev–Trinajstić information content (AvgIpc) is 3.16. The minimum atomic E-state index is -0.167. The van der Waals surface area contributed by atoms with Crippen LogP contribution in [-0.4, -0.2) is 24.7 Å². The highest BCUT2D eigenvalue weighted by Gasteiger charge is 2.16. The molecule has 1 aromatic carbocycles. The number of fused-ring (bicyclic) bond motifs is 1. The van der Waals surface area contributed by atoms with Crippen molar-refractivity contribution < 1.29 is 0 Å². The van der Waals surface area contributed by atoms with Crippen molar-refractivity contribution in [2.75, 3.05) is 0 Å². The summed E-state index contributed by atoms with van der Waals surface area (Å²) >= 11 is 0. The number of rotatable bonds is 2. The molecular formula is C15H11N5O. The second-order valence-electron chi connectivity index (χ2n) is 4.65. The number of para-hydroxylation sites is 1. The van der Waals surface area contributed by atoms with Gasteiger partial charge in [-0.15, -0.1) is 0 Å². The number of benzene rings is 1. The van der Waals surface area contributed by atoms with Crippen LogP contribution in [0.1, 0.15) is 0 Å². The van der Waals surface area contributed by atoms with E-state index in [4.69, 9.17) is 0 Å². The Morgan fingerprint density at radius 3 is 2.71 bits per heavy atom. The third kappa shape index (κ3) is 1.77. The van der Waals surface area contributed by atoms with Crippen molar-refractivity contribution in [3.8, 4) is 16.9 Å². The monoisotopic (exact) mass is 277 g/mol. The smallest absolute Gasteiger partial charge is 0.260 e. The highest BCUT2D eigenvalue weighted by molar-refractivity contribution is 5.93. The van der Waals surface area contributed by atoms with Crippen LogP contribution in [0, 0.1) is 0 Å². The number of nitrogens with one attached hydrogen (secondary N) is 2. The zero-order valence-electron chi connectivity index (χ0n) is 10.9. The largest absolute Gasteiger partial charge is 0.312 e. The molecule has 0 bridgehead atoms. The molecule has 0 saturated carbocycles. The first-order valence-corrected chi connectivity index (χ1v) is 6.48. The number of hydrogen-bond donors (Lipinski definition) is 2. The Kier molecular flexibility index (Phi) is 2.47. The lowest BCUT2D eigenvalue weighted by atomic mass is 10.2. The second-order valence-corrected chi connectivity index (χ2v) is 4.65. The highest BCUT2D eigenvalue weighted by Crippen LogP contribution is 2.27. The molecule has 3 heterocycles. The molecule has 0 spiro atoms. The summed E-state index contributed by atoms with van der Waals surface area (Å²) in [4.78, 5) is 19.1. The summed E-state index contributed by atoms with van der Waals surface area (Å²) in [6.07, 6.45) is 4.97. The van der Waals surface area contributed by atoms with Gasteiger partial charge in [-0.25, -0.2) is 4.98 Å². The van der Waals surface area contributed by atoms with E-state index in [1.165, 1.54) is 6.33 Å². The molecule has 21 heavy (non-hydrogen) atoms. The summed E-state index contributed by atoms with van der Waals surface area (Å²) in [5, 5.41) is 7.39. The van der Waals surface area contributed by atoms with E-state index in [-0.39, 0.29) is 5.56 Å². The van der Waals surface area contributed by atoms with Crippen LogP contribution in [0.4, 0.5) is 0 Å². The van der Waals surface area contributed by atoms with Crippen LogP contribution in [0.3, 0.4) is 0 Å². The molecule has 102 valence electrons. The third-order valence-electron chi connectivity index (χ3n) is 3.41. The molecule has 0 aliphatic carbocycles. The number of aromatic amines is 2. The standard InChI is InChI=1S/C15H11N5O/c21-15-13-11(12-6-7-18-19-12)8-20(14(13)16-9-17-15)10-4-2-1-3-5-10/h1-9H,(H,18,19)(H,16,17,21). The lowest BCUT2D eigenvalue weighted by molar-refractivity contribution is 1.06. The molecule has 0 saturated heterocycles. The van der Waals surface area contributed by atoms with Crippen LogP contribution < -0.4 is 5.56 Å². The summed E-state index contributed by atoms with van der Waals surface area (Å²) in [5.74, 6) is 0. The van der Waals surface area contributed by atoms with E-state index in [1.807, 2.05) is 47.2 Å². The van der Waals surface area contributed by atoms with E-state index in [0.717, 1.165) is 16.9 Å². The number of nitrogens with zero attached hydrogens (tertiary/aromatic N) is 3. The van der Waals surface area contributed by atoms with Crippen molar-refractivity contribution >= 4 is 11.0 Å². The predicted octanol–water partition coefficient (Wildman–Crippen LogP) is 2.10. The number of aromatic nitrogens is 5. The summed E-state index contributed by atoms with van der Waals surface area (Å²) in [6, 6.07) is 11.6. The van der Waals surface area contributed by atoms with Crippen molar-refractivity contribution in [2.45, 2.75) is 0 Å². The molecule has 0 aliphatic rings. The fourth-order valence-electron chi connectivity index (χ4n) is 2.47. The molecule has 4 rings (SSSR count). The molecule has 0 atom stereocenters. The van der Waals surface area contributed by atoms with Crippen molar-refractivity contribution in [1.29, 1.82) is 0 Å². The zero-order chi connectivity index (χ0) is 14.2. The Labute approximate surface area is 119 Å². The highest BCUT2D eigenvalue weighted by atomic mass is 16.1. The van der Waals surface area contributed by atoms with Crippen molar-refractivity contribution in [1.82, 2.24) is 24.7 Å². The van der Waals surface area contributed by atoms with Gasteiger partial charge in [0.05, 0.1) is 17.4 Å². The average molecular weight is 277 g/mol. The van der Waals surface area contributed by atoms with Gasteiger partial charge in [-0.1, -0.05) is 18.2 Å². The fourth-order valence-corrected chi connectivity index (χ4v) is 2.47. The van der Waals surface area contributed by atoms with Gasteiger partial charge in [-0.3, -0.25) is 9.89 Å². The molecule has 2 N–H and O–H groups in total. The molecule has 0 unspecified atom stereocenters. The fraction of sp³-hybridized carbons (Fsp3) is 0. The van der Waals surface area contributed by atoms with Crippen molar-refractivity contribution in [3.05, 3.63) is 65.5 Å². The van der Waals surface area contributed by atoms with Crippen LogP contribution in [0.15, 0.2) is 59.9 Å². The van der Waals surface area contributed by atoms with E-state index >= 15 is 0 Å². The number of H-pyrrole nitrogens is 2. The van der Waals surface area contributed by atoms with Crippen LogP contribution >= 0.6 is 0 Å². The molecule has 0 amide bonds. The van der Waals surface area contributed by atoms with E-state index in [9.17, 15) is 4.79 Å². The third-order valence-corrected chi connectivity index (χ3v) is 3.41. The molecular weight excluding hydrogens is 266 g/mol. The summed E-state index contributed by atoms with van der Waals surface area (Å²) < 4.78 is 1.90. The normalized spacial score (nSPS) is 11.0. The molecule has 4 aromatic rings. The summed E-state index contributed by atoms with van der Waals surface area (Å²) in [7, 11) is 0. The molecule has 0 aliphatic heterocycles. The lowest BCUT2D eigenvalue weighted by Crippen LogP contribution is -2.07. The van der Waals surface area contributed by atoms with Gasteiger partial charge in [0.2, 0.25) is 0 Å². The number of hydrogen-bond acceptors (Lipinski definition) is 3. The molecule has 3 aromatic heterocycles. The SMILES string of the molecule is O=c1[nH]cnc2c1c(-c1ccn[nH]1)cn2-c1ccccc1. The van der Waals surface area contributed by atoms with Gasteiger partial charge in [0.15, 0.2) is 5.65 Å². The maximum absolute atomic E-state index is 12.2. The van der Waals surface area contributed by atoms with Gasteiger partial charge in [-0.05, 0) is 18.2 Å². The van der Waals surface area contributed by atoms with Crippen LogP contribution in [0.2, 0.25) is 0 Å². The Morgan fingerprint density at radius 1 is 1.10 bits per heavy atom. The Balaban J connectivity index is 2.11. The van der Waals surface area contributed by atoms with Crippen LogP contribution in [0.5, 0.6) is 0 Å². The zero-order valence-corrected chi connectivity index (χ0v) is 10.9. The van der Waals surface area contributed by atoms with Gasteiger partial charge in [-0.2, -0.15) is 5.10 Å². The van der Waals surface area contributed by atoms with E-state index in [1.54, 1.807) is 6.20 Å². The van der Waals surface area contributed by atoms with E-state index in [2.05, 4.69) is 20.2 Å². The Bertz CT molecular complexity index is 951. The maximum Gasteiger partial charge on any atom is 0.260 e. The first-order chi connectivity index (χ1) is 10.3. The van der Waals surface area contributed by atoms with E-state index in [0.29, 0.717) is 11.0 Å². The Morgan fingerprint density at radius 2 is 1.95 bits per heavy atom. The minimum absolute atomic E-state index is 0.167. The molecule has 0 fully saturated rings. The van der Waals surface area contributed by atoms with Crippen LogP contribution in [0.25, 0.3) is 28.0 Å². The summed E-state index contributed by atoms with van der Waals surface area (Å²) in [6.45, 7) is 0. The second kappa shape index (κ2) is 4.45. The van der Waals surface area contributed by atoms with Gasteiger partial charge in [0, 0.05) is 23.6 Å².